The lowest BCUT2D eigenvalue weighted by atomic mass is 10.1. The number of hydrogen-bond acceptors (Lipinski definition) is 8. The van der Waals surface area contributed by atoms with Gasteiger partial charge in [-0.05, 0) is 29.2 Å². The summed E-state index contributed by atoms with van der Waals surface area (Å²) in [6.45, 7) is 0.947. The zero-order valence-electron chi connectivity index (χ0n) is 22.0. The van der Waals surface area contributed by atoms with Crippen LogP contribution in [0.5, 0.6) is 0 Å². The van der Waals surface area contributed by atoms with Crippen LogP contribution in [0, 0.1) is 0 Å². The summed E-state index contributed by atoms with van der Waals surface area (Å²) in [5, 5.41) is 16.0. The van der Waals surface area contributed by atoms with E-state index in [0.717, 1.165) is 67.9 Å². The summed E-state index contributed by atoms with van der Waals surface area (Å²) < 4.78 is 39.2. The number of rotatable bonds is 12. The van der Waals surface area contributed by atoms with Crippen LogP contribution in [0.25, 0.3) is 27.8 Å². The van der Waals surface area contributed by atoms with Crippen molar-refractivity contribution in [3.63, 3.8) is 0 Å². The topological polar surface area (TPSA) is 100 Å². The van der Waals surface area contributed by atoms with Crippen molar-refractivity contribution < 1.29 is 32.2 Å². The first-order valence-electron chi connectivity index (χ1n) is 12.9. The molecule has 11 heteroatoms. The van der Waals surface area contributed by atoms with E-state index in [2.05, 4.69) is 56.5 Å². The van der Waals surface area contributed by atoms with Crippen LogP contribution in [0.15, 0.2) is 107 Å². The van der Waals surface area contributed by atoms with E-state index in [1.165, 1.54) is 0 Å². The van der Waals surface area contributed by atoms with Gasteiger partial charge in [0.25, 0.3) is 10.1 Å². The number of pyridine rings is 1. The maximum absolute atomic E-state index is 11.6. The minimum absolute atomic E-state index is 0.152. The largest absolute Gasteiger partial charge is 0.333 e. The highest BCUT2D eigenvalue weighted by Gasteiger charge is 2.27. The minimum Gasteiger partial charge on any atom is -0.333 e. The number of fused-ring (bicyclic) bond motifs is 4. The highest BCUT2D eigenvalue weighted by atomic mass is 32.2. The van der Waals surface area contributed by atoms with Gasteiger partial charge in [0.2, 0.25) is 5.52 Å². The molecule has 212 valence electrons. The summed E-state index contributed by atoms with van der Waals surface area (Å²) in [6.07, 6.45) is 12.8. The summed E-state index contributed by atoms with van der Waals surface area (Å²) in [5.74, 6) is 0.318. The van der Waals surface area contributed by atoms with Gasteiger partial charge >= 0.3 is 0 Å². The molecule has 0 saturated heterocycles. The van der Waals surface area contributed by atoms with Crippen molar-refractivity contribution in [1.82, 2.24) is 0 Å². The number of allylic oxidation sites excluding steroid dienone is 4. The number of nitrogens with zero attached hydrogens (tertiary/aromatic N) is 2. The van der Waals surface area contributed by atoms with E-state index >= 15 is 0 Å². The molecule has 0 spiro atoms. The molecule has 0 radical (unpaired) electrons. The van der Waals surface area contributed by atoms with E-state index in [4.69, 9.17) is 5.26 Å². The summed E-state index contributed by atoms with van der Waals surface area (Å²) in [7, 11) is -4.11. The standard InChI is InChI=1S/C30H28N2O6S3/c33-37-38-39-21-8-18-31-19-17-24(25-11-6-7-13-27(25)31)9-2-1-3-14-29-32(20-22-41(34,35)36)30-26-12-5-4-10-23(26)15-16-28(30)40-29/h1-7,9-17,19H,8,18,20-22H2,(H-,33,34,35,36)/p+1. The molecular formula is C30H29N2O6S3+. The highest BCUT2D eigenvalue weighted by Crippen LogP contribution is 2.49. The Morgan fingerprint density at radius 3 is 2.61 bits per heavy atom. The lowest BCUT2D eigenvalue weighted by Gasteiger charge is -2.21. The van der Waals surface area contributed by atoms with Crippen molar-refractivity contribution in [2.75, 3.05) is 23.0 Å². The molecule has 3 aromatic carbocycles. The van der Waals surface area contributed by atoms with Gasteiger partial charge in [-0.25, -0.2) is 5.26 Å². The molecule has 4 aromatic rings. The molecule has 0 amide bonds. The van der Waals surface area contributed by atoms with Gasteiger partial charge in [-0.2, -0.15) is 13.0 Å². The zero-order chi connectivity index (χ0) is 28.7. The van der Waals surface area contributed by atoms with Crippen LogP contribution >= 0.6 is 23.8 Å². The Morgan fingerprint density at radius 1 is 0.976 bits per heavy atom. The van der Waals surface area contributed by atoms with Gasteiger partial charge in [-0.1, -0.05) is 83.6 Å². The van der Waals surface area contributed by atoms with Crippen LogP contribution in [0.2, 0.25) is 0 Å². The lowest BCUT2D eigenvalue weighted by molar-refractivity contribution is -0.671. The second-order valence-electron chi connectivity index (χ2n) is 9.22. The van der Waals surface area contributed by atoms with Crippen LogP contribution in [0.4, 0.5) is 5.69 Å². The molecule has 0 atom stereocenters. The van der Waals surface area contributed by atoms with Crippen molar-refractivity contribution >= 4 is 67.4 Å². The van der Waals surface area contributed by atoms with Crippen molar-refractivity contribution in [2.45, 2.75) is 17.9 Å². The first-order chi connectivity index (χ1) is 19.9. The van der Waals surface area contributed by atoms with Crippen molar-refractivity contribution in [3.8, 4) is 0 Å². The van der Waals surface area contributed by atoms with Gasteiger partial charge in [0.15, 0.2) is 6.20 Å². The van der Waals surface area contributed by atoms with Gasteiger partial charge < -0.3 is 4.90 Å². The molecule has 2 N–H and O–H groups in total. The molecule has 0 unspecified atom stereocenters. The fourth-order valence-corrected chi connectivity index (χ4v) is 6.67. The molecule has 1 aliphatic rings. The van der Waals surface area contributed by atoms with E-state index in [9.17, 15) is 13.0 Å². The molecule has 0 bridgehead atoms. The quantitative estimate of drug-likeness (QED) is 0.0348. The van der Waals surface area contributed by atoms with Crippen molar-refractivity contribution in [2.24, 2.45) is 0 Å². The normalized spacial score (nSPS) is 14.8. The van der Waals surface area contributed by atoms with Gasteiger partial charge in [0, 0.05) is 53.2 Å². The molecule has 2 heterocycles. The summed E-state index contributed by atoms with van der Waals surface area (Å²) in [4.78, 5) is 3.01. The molecule has 1 aromatic heterocycles. The first-order valence-corrected chi connectivity index (χ1v) is 16.3. The zero-order valence-corrected chi connectivity index (χ0v) is 24.4. The number of anilines is 1. The predicted octanol–water partition coefficient (Wildman–Crippen LogP) is 6.65. The molecule has 8 nitrogen and oxygen atoms in total. The second kappa shape index (κ2) is 13.7. The van der Waals surface area contributed by atoms with Gasteiger partial charge in [0.1, 0.15) is 6.54 Å². The number of para-hydroxylation sites is 1. The third-order valence-electron chi connectivity index (χ3n) is 6.59. The Morgan fingerprint density at radius 2 is 1.78 bits per heavy atom. The fourth-order valence-electron chi connectivity index (χ4n) is 4.79. The second-order valence-corrected chi connectivity index (χ2v) is 12.6. The molecule has 0 saturated carbocycles. The van der Waals surface area contributed by atoms with E-state index in [-0.39, 0.29) is 12.3 Å². The molecular weight excluding hydrogens is 581 g/mol. The third kappa shape index (κ3) is 7.38. The smallest absolute Gasteiger partial charge is 0.266 e. The maximum atomic E-state index is 11.6. The monoisotopic (exact) mass is 609 g/mol. The van der Waals surface area contributed by atoms with Crippen LogP contribution in [0.1, 0.15) is 12.0 Å². The number of aromatic nitrogens is 1. The lowest BCUT2D eigenvalue weighted by Crippen LogP contribution is -2.34. The Balaban J connectivity index is 1.34. The van der Waals surface area contributed by atoms with Crippen molar-refractivity contribution in [3.05, 3.63) is 108 Å². The Hall–Kier alpha value is -3.16. The van der Waals surface area contributed by atoms with E-state index < -0.39 is 10.1 Å². The van der Waals surface area contributed by atoms with Gasteiger partial charge in [-0.3, -0.25) is 4.55 Å². The van der Waals surface area contributed by atoms with Crippen LogP contribution in [-0.4, -0.2) is 36.3 Å². The van der Waals surface area contributed by atoms with Crippen LogP contribution < -0.4 is 9.47 Å². The van der Waals surface area contributed by atoms with Crippen LogP contribution in [0.3, 0.4) is 0 Å². The number of hydrogen-bond donors (Lipinski definition) is 2. The highest BCUT2D eigenvalue weighted by molar-refractivity contribution is 8.03. The van der Waals surface area contributed by atoms with E-state index in [0.29, 0.717) is 5.75 Å². The third-order valence-corrected chi connectivity index (χ3v) is 9.01. The molecule has 41 heavy (non-hydrogen) atoms. The Labute approximate surface area is 247 Å². The maximum Gasteiger partial charge on any atom is 0.266 e. The summed E-state index contributed by atoms with van der Waals surface area (Å²) >= 11 is 2.64. The molecule has 5 rings (SSSR count). The minimum atomic E-state index is -4.11. The number of aryl methyl sites for hydroxylation is 1. The molecule has 0 aliphatic carbocycles. The number of thioether (sulfide) groups is 1. The average molecular weight is 610 g/mol. The van der Waals surface area contributed by atoms with Crippen LogP contribution in [-0.2, 0) is 26.0 Å². The first kappa shape index (κ1) is 29.3. The SMILES string of the molecule is O=S(=O)(O)CCN1C(=CC=CC=Cc2cc[n+](CCCSOOO)c3ccccc23)Sc2ccc3ccccc3c21. The fraction of sp³-hybridized carbons (Fsp3) is 0.167. The predicted molar refractivity (Wildman–Crippen MR) is 166 cm³/mol. The van der Waals surface area contributed by atoms with E-state index in [1.54, 1.807) is 11.8 Å². The average Bonchev–Trinajstić information content (AvgIpc) is 3.34. The molecule has 1 aliphatic heterocycles. The summed E-state index contributed by atoms with van der Waals surface area (Å²) in [6, 6.07) is 22.4. The van der Waals surface area contributed by atoms with Gasteiger partial charge in [-0.15, -0.1) is 4.33 Å². The van der Waals surface area contributed by atoms with E-state index in [1.807, 2.05) is 65.6 Å². The van der Waals surface area contributed by atoms with Gasteiger partial charge in [0.05, 0.1) is 21.9 Å². The summed E-state index contributed by atoms with van der Waals surface area (Å²) in [5.41, 5.74) is 3.17. The number of benzene rings is 3. The van der Waals surface area contributed by atoms with Crippen molar-refractivity contribution in [1.29, 1.82) is 0 Å². The Kier molecular flexibility index (Phi) is 9.78. The Bertz CT molecular complexity index is 1740. The molecule has 0 fully saturated rings.